The van der Waals surface area contributed by atoms with E-state index in [9.17, 15) is 15.0 Å². The third-order valence-corrected chi connectivity index (χ3v) is 4.26. The summed E-state index contributed by atoms with van der Waals surface area (Å²) in [7, 11) is 0. The van der Waals surface area contributed by atoms with Crippen LogP contribution in [0, 0.1) is 0 Å². The number of carbonyl (C=O) groups excluding carboxylic acids is 1. The van der Waals surface area contributed by atoms with Gasteiger partial charge in [0.15, 0.2) is 0 Å². The molecule has 2 unspecified atom stereocenters. The summed E-state index contributed by atoms with van der Waals surface area (Å²) in [5.41, 5.74) is 0.276. The SMILES string of the molecule is O=C(NC1CCCCC1Br)c1cc(O)cc(O)c1. The third kappa shape index (κ3) is 3.16. The highest BCUT2D eigenvalue weighted by atomic mass is 79.9. The van der Waals surface area contributed by atoms with Crippen LogP contribution in [0.25, 0.3) is 0 Å². The van der Waals surface area contributed by atoms with E-state index in [1.165, 1.54) is 24.6 Å². The van der Waals surface area contributed by atoms with Crippen LogP contribution in [0.4, 0.5) is 0 Å². The minimum atomic E-state index is -0.266. The van der Waals surface area contributed by atoms with E-state index in [0.717, 1.165) is 19.3 Å². The average Bonchev–Trinajstić information content (AvgIpc) is 2.31. The number of nitrogens with one attached hydrogen (secondary N) is 1. The van der Waals surface area contributed by atoms with Crippen molar-refractivity contribution in [1.82, 2.24) is 5.32 Å². The molecule has 2 rings (SSSR count). The molecule has 5 heteroatoms. The van der Waals surface area contributed by atoms with E-state index in [4.69, 9.17) is 0 Å². The van der Waals surface area contributed by atoms with Crippen molar-refractivity contribution in [2.24, 2.45) is 0 Å². The van der Waals surface area contributed by atoms with Gasteiger partial charge in [0, 0.05) is 22.5 Å². The summed E-state index contributed by atoms with van der Waals surface area (Å²) < 4.78 is 0. The van der Waals surface area contributed by atoms with Crippen LogP contribution in [0.5, 0.6) is 11.5 Å². The summed E-state index contributed by atoms with van der Waals surface area (Å²) in [6, 6.07) is 4.00. The number of hydrogen-bond acceptors (Lipinski definition) is 3. The maximum atomic E-state index is 12.0. The fraction of sp³-hybridized carbons (Fsp3) is 0.462. The van der Waals surface area contributed by atoms with Gasteiger partial charge in [-0.1, -0.05) is 28.8 Å². The van der Waals surface area contributed by atoms with Crippen molar-refractivity contribution in [2.45, 2.75) is 36.6 Å². The monoisotopic (exact) mass is 313 g/mol. The van der Waals surface area contributed by atoms with Crippen LogP contribution in [0.1, 0.15) is 36.0 Å². The van der Waals surface area contributed by atoms with E-state index in [-0.39, 0.29) is 29.0 Å². The lowest BCUT2D eigenvalue weighted by molar-refractivity contribution is 0.0929. The Morgan fingerprint density at radius 1 is 1.17 bits per heavy atom. The minimum Gasteiger partial charge on any atom is -0.508 e. The molecule has 2 atom stereocenters. The molecular formula is C13H16BrNO3. The Morgan fingerprint density at radius 2 is 1.78 bits per heavy atom. The number of rotatable bonds is 2. The number of halogens is 1. The number of benzene rings is 1. The maximum Gasteiger partial charge on any atom is 0.251 e. The number of carbonyl (C=O) groups is 1. The largest absolute Gasteiger partial charge is 0.508 e. The Morgan fingerprint density at radius 3 is 2.39 bits per heavy atom. The predicted molar refractivity (Wildman–Crippen MR) is 72.2 cm³/mol. The van der Waals surface area contributed by atoms with Gasteiger partial charge in [0.2, 0.25) is 0 Å². The van der Waals surface area contributed by atoms with Gasteiger partial charge in [-0.2, -0.15) is 0 Å². The fourth-order valence-corrected chi connectivity index (χ4v) is 2.95. The van der Waals surface area contributed by atoms with E-state index in [1.54, 1.807) is 0 Å². The van der Waals surface area contributed by atoms with E-state index < -0.39 is 0 Å². The Kier molecular flexibility index (Phi) is 4.11. The summed E-state index contributed by atoms with van der Waals surface area (Å²) in [6.45, 7) is 0. The summed E-state index contributed by atoms with van der Waals surface area (Å²) in [6.07, 6.45) is 4.29. The molecule has 3 N–H and O–H groups in total. The molecule has 4 nitrogen and oxygen atoms in total. The lowest BCUT2D eigenvalue weighted by atomic mass is 9.95. The maximum absolute atomic E-state index is 12.0. The zero-order valence-electron chi connectivity index (χ0n) is 9.90. The molecule has 1 aromatic rings. The number of phenolic OH excluding ortho intramolecular Hbond substituents is 2. The van der Waals surface area contributed by atoms with Crippen molar-refractivity contribution in [2.75, 3.05) is 0 Å². The second kappa shape index (κ2) is 5.61. The van der Waals surface area contributed by atoms with Gasteiger partial charge < -0.3 is 15.5 Å². The number of phenols is 2. The molecule has 1 aromatic carbocycles. The average molecular weight is 314 g/mol. The molecule has 0 aliphatic heterocycles. The second-order valence-corrected chi connectivity index (χ2v) is 5.79. The summed E-state index contributed by atoms with van der Waals surface area (Å²) in [5, 5.41) is 21.6. The topological polar surface area (TPSA) is 69.6 Å². The van der Waals surface area contributed by atoms with E-state index in [1.807, 2.05) is 0 Å². The van der Waals surface area contributed by atoms with Crippen LogP contribution >= 0.6 is 15.9 Å². The highest BCUT2D eigenvalue weighted by molar-refractivity contribution is 9.09. The van der Waals surface area contributed by atoms with Crippen molar-refractivity contribution in [3.63, 3.8) is 0 Å². The zero-order valence-corrected chi connectivity index (χ0v) is 11.5. The number of hydrogen-bond donors (Lipinski definition) is 3. The molecule has 1 aliphatic rings. The molecule has 1 amide bonds. The third-order valence-electron chi connectivity index (χ3n) is 3.16. The molecule has 0 spiro atoms. The molecule has 1 aliphatic carbocycles. The molecule has 0 heterocycles. The molecular weight excluding hydrogens is 298 g/mol. The van der Waals surface area contributed by atoms with Crippen LogP contribution in [-0.4, -0.2) is 27.0 Å². The molecule has 0 saturated heterocycles. The summed E-state index contributed by atoms with van der Waals surface area (Å²) >= 11 is 3.57. The Hall–Kier alpha value is -1.23. The highest BCUT2D eigenvalue weighted by Gasteiger charge is 2.24. The van der Waals surface area contributed by atoms with Gasteiger partial charge in [-0.25, -0.2) is 0 Å². The smallest absolute Gasteiger partial charge is 0.251 e. The Balaban J connectivity index is 2.06. The van der Waals surface area contributed by atoms with Gasteiger partial charge in [0.05, 0.1) is 0 Å². The van der Waals surface area contributed by atoms with Gasteiger partial charge in [-0.05, 0) is 25.0 Å². The first-order chi connectivity index (χ1) is 8.56. The van der Waals surface area contributed by atoms with Gasteiger partial charge in [-0.15, -0.1) is 0 Å². The number of aromatic hydroxyl groups is 2. The second-order valence-electron chi connectivity index (χ2n) is 4.62. The zero-order chi connectivity index (χ0) is 13.1. The van der Waals surface area contributed by atoms with Crippen molar-refractivity contribution in [1.29, 1.82) is 0 Å². The molecule has 98 valence electrons. The van der Waals surface area contributed by atoms with Gasteiger partial charge in [0.25, 0.3) is 5.91 Å². The number of amides is 1. The molecule has 18 heavy (non-hydrogen) atoms. The van der Waals surface area contributed by atoms with Crippen LogP contribution in [0.2, 0.25) is 0 Å². The van der Waals surface area contributed by atoms with Crippen molar-refractivity contribution < 1.29 is 15.0 Å². The first kappa shape index (κ1) is 13.2. The summed E-state index contributed by atoms with van der Waals surface area (Å²) in [5.74, 6) is -0.490. The quantitative estimate of drug-likeness (QED) is 0.735. The lowest BCUT2D eigenvalue weighted by Crippen LogP contribution is -2.42. The predicted octanol–water partition coefficient (Wildman–Crippen LogP) is 2.53. The normalized spacial score (nSPS) is 23.6. The Bertz CT molecular complexity index is 430. The highest BCUT2D eigenvalue weighted by Crippen LogP contribution is 2.25. The van der Waals surface area contributed by atoms with Gasteiger partial charge in [0.1, 0.15) is 11.5 Å². The first-order valence-electron chi connectivity index (χ1n) is 6.04. The van der Waals surface area contributed by atoms with Crippen LogP contribution in [0.3, 0.4) is 0 Å². The van der Waals surface area contributed by atoms with Crippen molar-refractivity contribution in [3.05, 3.63) is 23.8 Å². The molecule has 0 aromatic heterocycles. The molecule has 0 radical (unpaired) electrons. The fourth-order valence-electron chi connectivity index (χ4n) is 2.23. The standard InChI is InChI=1S/C13H16BrNO3/c14-11-3-1-2-4-12(11)15-13(18)8-5-9(16)7-10(17)6-8/h5-7,11-12,16-17H,1-4H2,(H,15,18). The number of alkyl halides is 1. The van der Waals surface area contributed by atoms with Crippen LogP contribution < -0.4 is 5.32 Å². The van der Waals surface area contributed by atoms with Gasteiger partial charge in [-0.3, -0.25) is 4.79 Å². The van der Waals surface area contributed by atoms with Crippen LogP contribution in [0.15, 0.2) is 18.2 Å². The van der Waals surface area contributed by atoms with Crippen molar-refractivity contribution in [3.8, 4) is 11.5 Å². The molecule has 0 bridgehead atoms. The first-order valence-corrected chi connectivity index (χ1v) is 6.96. The van der Waals surface area contributed by atoms with Crippen molar-refractivity contribution >= 4 is 21.8 Å². The van der Waals surface area contributed by atoms with Gasteiger partial charge >= 0.3 is 0 Å². The van der Waals surface area contributed by atoms with Crippen LogP contribution in [-0.2, 0) is 0 Å². The lowest BCUT2D eigenvalue weighted by Gasteiger charge is -2.28. The molecule has 1 saturated carbocycles. The Labute approximate surface area is 114 Å². The van der Waals surface area contributed by atoms with E-state index >= 15 is 0 Å². The van der Waals surface area contributed by atoms with E-state index in [0.29, 0.717) is 4.83 Å². The molecule has 1 fully saturated rings. The minimum absolute atomic E-state index is 0.107. The van der Waals surface area contributed by atoms with E-state index in [2.05, 4.69) is 21.2 Å². The summed E-state index contributed by atoms with van der Waals surface area (Å²) in [4.78, 5) is 12.3.